The molecule has 16 heavy (non-hydrogen) atoms. The van der Waals surface area contributed by atoms with Crippen molar-refractivity contribution in [3.05, 3.63) is 0 Å². The maximum Gasteiger partial charge on any atom is 0.215 e. The first kappa shape index (κ1) is 13.9. The molecule has 0 aromatic rings. The molecule has 5 nitrogen and oxygen atoms in total. The molecule has 0 bridgehead atoms. The molecule has 6 heteroatoms. The van der Waals surface area contributed by atoms with E-state index >= 15 is 0 Å². The van der Waals surface area contributed by atoms with Crippen LogP contribution in [0.5, 0.6) is 0 Å². The van der Waals surface area contributed by atoms with E-state index in [-0.39, 0.29) is 5.75 Å². The van der Waals surface area contributed by atoms with Gasteiger partial charge in [0.2, 0.25) is 10.0 Å². The molecule has 1 aliphatic rings. The predicted molar refractivity (Wildman–Crippen MR) is 63.9 cm³/mol. The Morgan fingerprint density at radius 1 is 1.38 bits per heavy atom. The van der Waals surface area contributed by atoms with Gasteiger partial charge in [-0.05, 0) is 25.8 Å². The van der Waals surface area contributed by atoms with Crippen LogP contribution in [0.25, 0.3) is 0 Å². The van der Waals surface area contributed by atoms with Crippen LogP contribution in [-0.2, 0) is 14.8 Å². The average Bonchev–Trinajstić information content (AvgIpc) is 2.28. The largest absolute Gasteiger partial charge is 0.384 e. The fourth-order valence-electron chi connectivity index (χ4n) is 1.95. The maximum atomic E-state index is 11.9. The van der Waals surface area contributed by atoms with Crippen LogP contribution in [0.4, 0.5) is 0 Å². The Hall–Kier alpha value is -0.170. The van der Waals surface area contributed by atoms with Crippen molar-refractivity contribution in [2.24, 2.45) is 5.92 Å². The fourth-order valence-corrected chi connectivity index (χ4v) is 3.44. The highest BCUT2D eigenvalue weighted by Crippen LogP contribution is 2.19. The van der Waals surface area contributed by atoms with Crippen molar-refractivity contribution in [2.75, 3.05) is 46.2 Å². The first-order valence-electron chi connectivity index (χ1n) is 5.71. The topological polar surface area (TPSA) is 58.6 Å². The fraction of sp³-hybridized carbons (Fsp3) is 1.00. The van der Waals surface area contributed by atoms with Crippen molar-refractivity contribution in [3.8, 4) is 0 Å². The maximum absolute atomic E-state index is 11.9. The summed E-state index contributed by atoms with van der Waals surface area (Å²) in [7, 11) is 0.401. The quantitative estimate of drug-likeness (QED) is 0.715. The van der Waals surface area contributed by atoms with Crippen LogP contribution in [-0.4, -0.2) is 58.9 Å². The normalized spacial score (nSPS) is 20.1. The van der Waals surface area contributed by atoms with E-state index < -0.39 is 10.0 Å². The molecule has 1 rings (SSSR count). The second-order valence-electron chi connectivity index (χ2n) is 4.22. The standard InChI is InChI=1S/C10H22N2O3S/c1-11-5-8-16(13,14)12-6-3-10(4-7-12)9-15-2/h10-11H,3-9H2,1-2H3. The summed E-state index contributed by atoms with van der Waals surface area (Å²) in [5, 5.41) is 2.87. The van der Waals surface area contributed by atoms with E-state index in [2.05, 4.69) is 5.32 Å². The molecular formula is C10H22N2O3S. The van der Waals surface area contributed by atoms with Gasteiger partial charge >= 0.3 is 0 Å². The smallest absolute Gasteiger partial charge is 0.215 e. The zero-order valence-electron chi connectivity index (χ0n) is 10.1. The summed E-state index contributed by atoms with van der Waals surface area (Å²) in [6.07, 6.45) is 1.82. The SMILES string of the molecule is CNCCS(=O)(=O)N1CCC(COC)CC1. The number of piperidine rings is 1. The summed E-state index contributed by atoms with van der Waals surface area (Å²) < 4.78 is 30.4. The lowest BCUT2D eigenvalue weighted by Gasteiger charge is -2.30. The zero-order valence-corrected chi connectivity index (χ0v) is 10.9. The van der Waals surface area contributed by atoms with Gasteiger partial charge in [-0.2, -0.15) is 0 Å². The van der Waals surface area contributed by atoms with Crippen LogP contribution >= 0.6 is 0 Å². The van der Waals surface area contributed by atoms with Crippen LogP contribution in [0.1, 0.15) is 12.8 Å². The predicted octanol–water partition coefficient (Wildman–Crippen LogP) is -0.106. The lowest BCUT2D eigenvalue weighted by Crippen LogP contribution is -2.41. The molecule has 0 amide bonds. The summed E-state index contributed by atoms with van der Waals surface area (Å²) >= 11 is 0. The zero-order chi connectivity index (χ0) is 12.0. The van der Waals surface area contributed by atoms with Gasteiger partial charge < -0.3 is 10.1 Å². The van der Waals surface area contributed by atoms with Crippen LogP contribution < -0.4 is 5.32 Å². The first-order chi connectivity index (χ1) is 7.60. The van der Waals surface area contributed by atoms with Crippen molar-refractivity contribution >= 4 is 10.0 Å². The lowest BCUT2D eigenvalue weighted by molar-refractivity contribution is 0.121. The molecule has 1 aliphatic heterocycles. The molecule has 1 fully saturated rings. The highest BCUT2D eigenvalue weighted by atomic mass is 32.2. The van der Waals surface area contributed by atoms with Gasteiger partial charge in [-0.15, -0.1) is 0 Å². The molecule has 0 saturated carbocycles. The molecule has 0 aromatic heterocycles. The molecule has 0 aliphatic carbocycles. The van der Waals surface area contributed by atoms with E-state index in [1.165, 1.54) is 0 Å². The van der Waals surface area contributed by atoms with Crippen molar-refractivity contribution in [1.29, 1.82) is 0 Å². The summed E-state index contributed by atoms with van der Waals surface area (Å²) in [6.45, 7) is 2.53. The van der Waals surface area contributed by atoms with Crippen LogP contribution in [0.2, 0.25) is 0 Å². The lowest BCUT2D eigenvalue weighted by atomic mass is 9.99. The van der Waals surface area contributed by atoms with Gasteiger partial charge in [0, 0.05) is 33.4 Å². The summed E-state index contributed by atoms with van der Waals surface area (Å²) in [5.74, 6) is 0.707. The summed E-state index contributed by atoms with van der Waals surface area (Å²) in [5.41, 5.74) is 0. The third kappa shape index (κ3) is 4.01. The molecule has 1 heterocycles. The number of hydrogen-bond donors (Lipinski definition) is 1. The molecule has 0 aromatic carbocycles. The molecule has 0 spiro atoms. The minimum atomic E-state index is -3.05. The highest BCUT2D eigenvalue weighted by molar-refractivity contribution is 7.89. The van der Waals surface area contributed by atoms with Crippen LogP contribution in [0, 0.1) is 5.92 Å². The highest BCUT2D eigenvalue weighted by Gasteiger charge is 2.27. The van der Waals surface area contributed by atoms with Crippen molar-refractivity contribution in [2.45, 2.75) is 12.8 Å². The third-order valence-corrected chi connectivity index (χ3v) is 4.85. The van der Waals surface area contributed by atoms with Gasteiger partial charge in [0.25, 0.3) is 0 Å². The number of rotatable bonds is 6. The molecule has 1 N–H and O–H groups in total. The van der Waals surface area contributed by atoms with Gasteiger partial charge in [-0.25, -0.2) is 12.7 Å². The number of methoxy groups -OCH3 is 1. The molecule has 0 radical (unpaired) electrons. The monoisotopic (exact) mass is 250 g/mol. The Morgan fingerprint density at radius 2 is 2.00 bits per heavy atom. The number of nitrogens with zero attached hydrogens (tertiary/aromatic N) is 1. The Kier molecular flexibility index (Phi) is 5.68. The van der Waals surface area contributed by atoms with Gasteiger partial charge in [0.1, 0.15) is 0 Å². The van der Waals surface area contributed by atoms with Gasteiger partial charge in [0.15, 0.2) is 0 Å². The van der Waals surface area contributed by atoms with Gasteiger partial charge in [-0.1, -0.05) is 0 Å². The summed E-state index contributed by atoms with van der Waals surface area (Å²) in [4.78, 5) is 0. The number of sulfonamides is 1. The van der Waals surface area contributed by atoms with Crippen molar-refractivity contribution in [3.63, 3.8) is 0 Å². The number of nitrogens with one attached hydrogen (secondary N) is 1. The number of ether oxygens (including phenoxy) is 1. The average molecular weight is 250 g/mol. The minimum absolute atomic E-state index is 0.193. The molecule has 1 saturated heterocycles. The second-order valence-corrected chi connectivity index (χ2v) is 6.31. The Morgan fingerprint density at radius 3 is 2.50 bits per heavy atom. The molecule has 0 atom stereocenters. The molecule has 0 unspecified atom stereocenters. The van der Waals surface area contributed by atoms with E-state index in [9.17, 15) is 8.42 Å². The Labute approximate surface area is 98.2 Å². The van der Waals surface area contributed by atoms with E-state index in [4.69, 9.17) is 4.74 Å². The third-order valence-electron chi connectivity index (χ3n) is 2.98. The van der Waals surface area contributed by atoms with Gasteiger partial charge in [-0.3, -0.25) is 0 Å². The molecular weight excluding hydrogens is 228 g/mol. The van der Waals surface area contributed by atoms with E-state index in [0.29, 0.717) is 25.6 Å². The minimum Gasteiger partial charge on any atom is -0.384 e. The van der Waals surface area contributed by atoms with Crippen LogP contribution in [0.15, 0.2) is 0 Å². The Bertz CT molecular complexity index is 284. The van der Waals surface area contributed by atoms with Crippen LogP contribution in [0.3, 0.4) is 0 Å². The second kappa shape index (κ2) is 6.54. The first-order valence-corrected chi connectivity index (χ1v) is 7.32. The van der Waals surface area contributed by atoms with Gasteiger partial charge in [0.05, 0.1) is 5.75 Å². The van der Waals surface area contributed by atoms with Crippen molar-refractivity contribution in [1.82, 2.24) is 9.62 Å². The van der Waals surface area contributed by atoms with E-state index in [1.807, 2.05) is 0 Å². The van der Waals surface area contributed by atoms with E-state index in [0.717, 1.165) is 19.4 Å². The molecule has 96 valence electrons. The number of hydrogen-bond acceptors (Lipinski definition) is 4. The summed E-state index contributed by atoms with van der Waals surface area (Å²) in [6, 6.07) is 0. The van der Waals surface area contributed by atoms with Crippen molar-refractivity contribution < 1.29 is 13.2 Å². The van der Waals surface area contributed by atoms with E-state index in [1.54, 1.807) is 18.5 Å². The Balaban J connectivity index is 2.40.